The monoisotopic (exact) mass is 252 g/mol. The van der Waals surface area contributed by atoms with Gasteiger partial charge in [0.05, 0.1) is 0 Å². The van der Waals surface area contributed by atoms with Gasteiger partial charge in [0.1, 0.15) is 6.04 Å². The third kappa shape index (κ3) is 3.08. The van der Waals surface area contributed by atoms with Crippen LogP contribution in [0, 0.1) is 6.92 Å². The quantitative estimate of drug-likeness (QED) is 0.816. The smallest absolute Gasteiger partial charge is 0.247 e. The fraction of sp³-hybridized carbons (Fsp3) is 0.308. The first kappa shape index (κ1) is 13.7. The summed E-state index contributed by atoms with van der Waals surface area (Å²) in [7, 11) is 1.81. The van der Waals surface area contributed by atoms with Crippen LogP contribution in [0.4, 0.5) is 5.69 Å². The molecule has 1 atom stereocenters. The summed E-state index contributed by atoms with van der Waals surface area (Å²) < 4.78 is 0. The molecular formula is C13H17ClN2O. The first-order valence-corrected chi connectivity index (χ1v) is 5.43. The largest absolute Gasteiger partial charge is 0.314 e. The lowest BCUT2D eigenvalue weighted by atomic mass is 10.2. The molecule has 0 fully saturated rings. The Morgan fingerprint density at radius 3 is 2.82 bits per heavy atom. The zero-order chi connectivity index (χ0) is 11.5. The van der Waals surface area contributed by atoms with Gasteiger partial charge < -0.3 is 4.90 Å². The zero-order valence-corrected chi connectivity index (χ0v) is 10.8. The Kier molecular flexibility index (Phi) is 4.73. The molecule has 0 aromatic heterocycles. The number of carbonyl (C=O) groups excluding carboxylic acids is 1. The third-order valence-electron chi connectivity index (χ3n) is 2.77. The second kappa shape index (κ2) is 5.84. The lowest BCUT2D eigenvalue weighted by molar-refractivity contribution is -0.119. The van der Waals surface area contributed by atoms with Gasteiger partial charge in [-0.05, 0) is 24.6 Å². The summed E-state index contributed by atoms with van der Waals surface area (Å²) in [5, 5.41) is 3.12. The summed E-state index contributed by atoms with van der Waals surface area (Å²) in [4.78, 5) is 13.8. The van der Waals surface area contributed by atoms with Crippen LogP contribution in [-0.2, 0) is 4.79 Å². The van der Waals surface area contributed by atoms with E-state index in [0.717, 1.165) is 17.8 Å². The van der Waals surface area contributed by atoms with Crippen LogP contribution in [0.3, 0.4) is 0 Å². The van der Waals surface area contributed by atoms with Crippen molar-refractivity contribution in [2.24, 2.45) is 0 Å². The molecule has 4 heteroatoms. The van der Waals surface area contributed by atoms with Gasteiger partial charge in [0.25, 0.3) is 0 Å². The van der Waals surface area contributed by atoms with E-state index in [0.29, 0.717) is 0 Å². The number of nitrogens with one attached hydrogen (secondary N) is 1. The number of hydrogen-bond acceptors (Lipinski definition) is 2. The molecule has 3 nitrogen and oxygen atoms in total. The average Bonchev–Trinajstić information content (AvgIpc) is 2.80. The number of hydrogen-bond donors (Lipinski definition) is 1. The molecule has 17 heavy (non-hydrogen) atoms. The molecule has 0 unspecified atom stereocenters. The summed E-state index contributed by atoms with van der Waals surface area (Å²) in [6.07, 6.45) is 3.89. The minimum absolute atomic E-state index is 0. The number of nitrogens with zero attached hydrogens (tertiary/aromatic N) is 1. The SMILES string of the molecule is Cc1cccc(N(C)C(=O)[C@@H]2C=CCN2)c1.Cl. The summed E-state index contributed by atoms with van der Waals surface area (Å²) >= 11 is 0. The van der Waals surface area contributed by atoms with Crippen LogP contribution in [0.5, 0.6) is 0 Å². The Balaban J connectivity index is 0.00000144. The molecule has 0 spiro atoms. The Bertz CT molecular complexity index is 431. The normalized spacial score (nSPS) is 17.6. The number of anilines is 1. The van der Waals surface area contributed by atoms with Crippen molar-refractivity contribution in [3.05, 3.63) is 42.0 Å². The van der Waals surface area contributed by atoms with Gasteiger partial charge in [-0.3, -0.25) is 10.1 Å². The highest BCUT2D eigenvalue weighted by molar-refractivity contribution is 5.98. The Morgan fingerprint density at radius 2 is 2.24 bits per heavy atom. The number of amides is 1. The van der Waals surface area contributed by atoms with Gasteiger partial charge in [0, 0.05) is 19.3 Å². The summed E-state index contributed by atoms with van der Waals surface area (Å²) in [6, 6.07) is 7.77. The first-order chi connectivity index (χ1) is 7.68. The van der Waals surface area contributed by atoms with Crippen molar-refractivity contribution in [3.63, 3.8) is 0 Å². The standard InChI is InChI=1S/C13H16N2O.ClH/c1-10-5-3-6-11(9-10)15(2)13(16)12-7-4-8-14-12;/h3-7,9,12,14H,8H2,1-2H3;1H/t12-;/m0./s1. The molecule has 1 aromatic rings. The van der Waals surface area contributed by atoms with Crippen molar-refractivity contribution in [1.82, 2.24) is 5.32 Å². The molecule has 0 bridgehead atoms. The number of carbonyl (C=O) groups is 1. The summed E-state index contributed by atoms with van der Waals surface area (Å²) in [5.74, 6) is 0.0827. The Hall–Kier alpha value is -1.32. The maximum atomic E-state index is 12.1. The van der Waals surface area contributed by atoms with Gasteiger partial charge in [0.2, 0.25) is 5.91 Å². The van der Waals surface area contributed by atoms with Crippen molar-refractivity contribution in [2.75, 3.05) is 18.5 Å². The predicted molar refractivity (Wildman–Crippen MR) is 72.8 cm³/mol. The highest BCUT2D eigenvalue weighted by Crippen LogP contribution is 2.15. The van der Waals surface area contributed by atoms with E-state index in [4.69, 9.17) is 0 Å². The van der Waals surface area contributed by atoms with Crippen LogP contribution in [-0.4, -0.2) is 25.5 Å². The topological polar surface area (TPSA) is 32.3 Å². The molecule has 1 amide bonds. The van der Waals surface area contributed by atoms with Crippen LogP contribution in [0.1, 0.15) is 5.56 Å². The van der Waals surface area contributed by atoms with Crippen LogP contribution in [0.25, 0.3) is 0 Å². The second-order valence-electron chi connectivity index (χ2n) is 4.05. The highest BCUT2D eigenvalue weighted by Gasteiger charge is 2.21. The molecule has 92 valence electrons. The molecule has 0 aliphatic carbocycles. The average molecular weight is 253 g/mol. The third-order valence-corrected chi connectivity index (χ3v) is 2.77. The predicted octanol–water partition coefficient (Wildman–Crippen LogP) is 1.91. The molecule has 1 heterocycles. The highest BCUT2D eigenvalue weighted by atomic mass is 35.5. The van der Waals surface area contributed by atoms with E-state index in [1.807, 2.05) is 50.4 Å². The van der Waals surface area contributed by atoms with E-state index in [9.17, 15) is 4.79 Å². The van der Waals surface area contributed by atoms with Gasteiger partial charge in [-0.15, -0.1) is 12.4 Å². The van der Waals surface area contributed by atoms with Crippen molar-refractivity contribution < 1.29 is 4.79 Å². The fourth-order valence-electron chi connectivity index (χ4n) is 1.81. The van der Waals surface area contributed by atoms with Crippen molar-refractivity contribution in [1.29, 1.82) is 0 Å². The van der Waals surface area contributed by atoms with E-state index >= 15 is 0 Å². The summed E-state index contributed by atoms with van der Waals surface area (Å²) in [5.41, 5.74) is 2.10. The molecular weight excluding hydrogens is 236 g/mol. The molecule has 1 aliphatic rings. The van der Waals surface area contributed by atoms with E-state index in [1.165, 1.54) is 0 Å². The number of halogens is 1. The van der Waals surface area contributed by atoms with Gasteiger partial charge >= 0.3 is 0 Å². The van der Waals surface area contributed by atoms with Gasteiger partial charge in [-0.2, -0.15) is 0 Å². The Labute approximate surface area is 108 Å². The molecule has 0 saturated heterocycles. The molecule has 0 radical (unpaired) electrons. The zero-order valence-electron chi connectivity index (χ0n) is 10.0. The number of likely N-dealkylation sites (N-methyl/N-ethyl adjacent to an activating group) is 1. The van der Waals surface area contributed by atoms with Crippen molar-refractivity contribution in [2.45, 2.75) is 13.0 Å². The summed E-state index contributed by atoms with van der Waals surface area (Å²) in [6.45, 7) is 2.80. The molecule has 1 aliphatic heterocycles. The number of aryl methyl sites for hydroxylation is 1. The van der Waals surface area contributed by atoms with E-state index in [-0.39, 0.29) is 24.4 Å². The van der Waals surface area contributed by atoms with Crippen molar-refractivity contribution >= 4 is 24.0 Å². The maximum absolute atomic E-state index is 12.1. The maximum Gasteiger partial charge on any atom is 0.247 e. The number of rotatable bonds is 2. The van der Waals surface area contributed by atoms with E-state index < -0.39 is 0 Å². The molecule has 1 aromatic carbocycles. The molecule has 0 saturated carbocycles. The molecule has 1 N–H and O–H groups in total. The molecule has 2 rings (SSSR count). The van der Waals surface area contributed by atoms with Gasteiger partial charge in [0.15, 0.2) is 0 Å². The Morgan fingerprint density at radius 1 is 1.47 bits per heavy atom. The first-order valence-electron chi connectivity index (χ1n) is 5.43. The second-order valence-corrected chi connectivity index (χ2v) is 4.05. The lowest BCUT2D eigenvalue weighted by Crippen LogP contribution is -2.41. The lowest BCUT2D eigenvalue weighted by Gasteiger charge is -2.21. The van der Waals surface area contributed by atoms with Crippen LogP contribution < -0.4 is 10.2 Å². The van der Waals surface area contributed by atoms with Crippen molar-refractivity contribution in [3.8, 4) is 0 Å². The van der Waals surface area contributed by atoms with Crippen LogP contribution in [0.15, 0.2) is 36.4 Å². The number of benzene rings is 1. The van der Waals surface area contributed by atoms with Crippen LogP contribution >= 0.6 is 12.4 Å². The van der Waals surface area contributed by atoms with Crippen LogP contribution in [0.2, 0.25) is 0 Å². The van der Waals surface area contributed by atoms with Gasteiger partial charge in [-0.1, -0.05) is 24.3 Å². The van der Waals surface area contributed by atoms with E-state index in [1.54, 1.807) is 4.90 Å². The minimum atomic E-state index is -0.175. The van der Waals surface area contributed by atoms with Gasteiger partial charge in [-0.25, -0.2) is 0 Å². The minimum Gasteiger partial charge on any atom is -0.314 e. The van der Waals surface area contributed by atoms with E-state index in [2.05, 4.69) is 5.32 Å². The fourth-order valence-corrected chi connectivity index (χ4v) is 1.81.